The van der Waals surface area contributed by atoms with E-state index in [1.165, 1.54) is 4.70 Å². The number of benzene rings is 2. The van der Waals surface area contributed by atoms with E-state index in [1.807, 2.05) is 42.5 Å². The van der Waals surface area contributed by atoms with Gasteiger partial charge in [-0.05, 0) is 36.4 Å². The van der Waals surface area contributed by atoms with Crippen LogP contribution in [0.4, 0.5) is 10.5 Å². The average molecular weight is 309 g/mol. The minimum absolute atomic E-state index is 0.243. The standard InChI is InChI=1S/C17H15N3OS/c1-2-11-18-17(21)19-13-9-7-12(8-10-13)16-20-14-5-3-4-6-15(14)22-16/h2-10H,1,11H2,(H2,18,19,21). The van der Waals surface area contributed by atoms with Crippen molar-refractivity contribution in [1.29, 1.82) is 0 Å². The van der Waals surface area contributed by atoms with Crippen molar-refractivity contribution in [2.45, 2.75) is 0 Å². The van der Waals surface area contributed by atoms with Crippen molar-refractivity contribution in [2.24, 2.45) is 0 Å². The molecule has 0 aliphatic carbocycles. The number of fused-ring (bicyclic) bond motifs is 1. The second-order valence-corrected chi connectivity index (χ2v) is 5.72. The Hall–Kier alpha value is -2.66. The number of urea groups is 1. The molecule has 22 heavy (non-hydrogen) atoms. The molecule has 0 spiro atoms. The van der Waals surface area contributed by atoms with Crippen LogP contribution in [0.15, 0.2) is 61.2 Å². The SMILES string of the molecule is C=CCNC(=O)Nc1ccc(-c2nc3ccccc3s2)cc1. The van der Waals surface area contributed by atoms with Crippen molar-refractivity contribution in [3.05, 3.63) is 61.2 Å². The molecule has 2 amide bonds. The molecule has 0 unspecified atom stereocenters. The van der Waals surface area contributed by atoms with E-state index in [0.29, 0.717) is 6.54 Å². The Labute approximate surface area is 132 Å². The number of para-hydroxylation sites is 1. The highest BCUT2D eigenvalue weighted by atomic mass is 32.1. The summed E-state index contributed by atoms with van der Waals surface area (Å²) in [6, 6.07) is 15.5. The molecule has 0 saturated carbocycles. The lowest BCUT2D eigenvalue weighted by molar-refractivity contribution is 0.253. The molecule has 2 N–H and O–H groups in total. The topological polar surface area (TPSA) is 54.0 Å². The summed E-state index contributed by atoms with van der Waals surface area (Å²) >= 11 is 1.66. The van der Waals surface area contributed by atoms with E-state index < -0.39 is 0 Å². The molecule has 2 aromatic carbocycles. The Morgan fingerprint density at radius 3 is 2.68 bits per heavy atom. The van der Waals surface area contributed by atoms with Gasteiger partial charge in [-0.25, -0.2) is 9.78 Å². The normalized spacial score (nSPS) is 10.4. The minimum Gasteiger partial charge on any atom is -0.334 e. The summed E-state index contributed by atoms with van der Waals surface area (Å²) < 4.78 is 1.17. The summed E-state index contributed by atoms with van der Waals surface area (Å²) in [7, 11) is 0. The Morgan fingerprint density at radius 1 is 1.18 bits per heavy atom. The van der Waals surface area contributed by atoms with Crippen molar-refractivity contribution in [3.8, 4) is 10.6 Å². The van der Waals surface area contributed by atoms with Gasteiger partial charge in [-0.3, -0.25) is 0 Å². The van der Waals surface area contributed by atoms with Crippen LogP contribution in [0.25, 0.3) is 20.8 Å². The van der Waals surface area contributed by atoms with Crippen molar-refractivity contribution in [3.63, 3.8) is 0 Å². The van der Waals surface area contributed by atoms with Crippen LogP contribution < -0.4 is 10.6 Å². The van der Waals surface area contributed by atoms with Gasteiger partial charge in [0.1, 0.15) is 5.01 Å². The van der Waals surface area contributed by atoms with E-state index in [9.17, 15) is 4.79 Å². The first-order valence-corrected chi connectivity index (χ1v) is 7.69. The van der Waals surface area contributed by atoms with Gasteiger partial charge in [-0.15, -0.1) is 17.9 Å². The highest BCUT2D eigenvalue weighted by Gasteiger charge is 2.06. The highest BCUT2D eigenvalue weighted by Crippen LogP contribution is 2.30. The molecule has 5 heteroatoms. The Kier molecular flexibility index (Phi) is 4.16. The summed E-state index contributed by atoms with van der Waals surface area (Å²) in [4.78, 5) is 16.2. The van der Waals surface area contributed by atoms with Gasteiger partial charge in [0.2, 0.25) is 0 Å². The third-order valence-corrected chi connectivity index (χ3v) is 4.18. The fourth-order valence-corrected chi connectivity index (χ4v) is 3.00. The fourth-order valence-electron chi connectivity index (χ4n) is 2.03. The molecular formula is C17H15N3OS. The maximum absolute atomic E-state index is 11.6. The van der Waals surface area contributed by atoms with Crippen LogP contribution in [-0.2, 0) is 0 Å². The molecule has 1 heterocycles. The lowest BCUT2D eigenvalue weighted by Gasteiger charge is -2.06. The monoisotopic (exact) mass is 309 g/mol. The van der Waals surface area contributed by atoms with Gasteiger partial charge in [-0.1, -0.05) is 18.2 Å². The molecule has 0 bridgehead atoms. The van der Waals surface area contributed by atoms with Crippen LogP contribution in [0, 0.1) is 0 Å². The molecule has 3 aromatic rings. The molecule has 0 atom stereocenters. The lowest BCUT2D eigenvalue weighted by Crippen LogP contribution is -2.28. The van der Waals surface area contributed by atoms with Crippen LogP contribution >= 0.6 is 11.3 Å². The summed E-state index contributed by atoms with van der Waals surface area (Å²) in [5.74, 6) is 0. The van der Waals surface area contributed by atoms with Crippen molar-refractivity contribution in [2.75, 3.05) is 11.9 Å². The van der Waals surface area contributed by atoms with Crippen LogP contribution in [0.2, 0.25) is 0 Å². The molecule has 0 radical (unpaired) electrons. The van der Waals surface area contributed by atoms with E-state index in [4.69, 9.17) is 0 Å². The zero-order valence-electron chi connectivity index (χ0n) is 11.9. The largest absolute Gasteiger partial charge is 0.334 e. The van der Waals surface area contributed by atoms with E-state index in [-0.39, 0.29) is 6.03 Å². The van der Waals surface area contributed by atoms with Crippen LogP contribution in [0.3, 0.4) is 0 Å². The third kappa shape index (κ3) is 3.15. The number of carbonyl (C=O) groups excluding carboxylic acids is 1. The predicted molar refractivity (Wildman–Crippen MR) is 92.3 cm³/mol. The van der Waals surface area contributed by atoms with Crippen molar-refractivity contribution >= 4 is 33.3 Å². The minimum atomic E-state index is -0.243. The molecular weight excluding hydrogens is 294 g/mol. The summed E-state index contributed by atoms with van der Waals surface area (Å²) in [5, 5.41) is 6.41. The molecule has 1 aromatic heterocycles. The van der Waals surface area contributed by atoms with Gasteiger partial charge in [0.05, 0.1) is 10.2 Å². The number of hydrogen-bond acceptors (Lipinski definition) is 3. The molecule has 0 aliphatic heterocycles. The van der Waals surface area contributed by atoms with E-state index in [0.717, 1.165) is 21.8 Å². The first kappa shape index (κ1) is 14.3. The molecule has 0 fully saturated rings. The number of nitrogens with zero attached hydrogens (tertiary/aromatic N) is 1. The average Bonchev–Trinajstić information content (AvgIpc) is 2.97. The Morgan fingerprint density at radius 2 is 1.95 bits per heavy atom. The van der Waals surface area contributed by atoms with Crippen LogP contribution in [-0.4, -0.2) is 17.6 Å². The highest BCUT2D eigenvalue weighted by molar-refractivity contribution is 7.21. The molecule has 110 valence electrons. The van der Waals surface area contributed by atoms with Crippen LogP contribution in [0.1, 0.15) is 0 Å². The number of hydrogen-bond donors (Lipinski definition) is 2. The smallest absolute Gasteiger partial charge is 0.319 e. The first-order valence-electron chi connectivity index (χ1n) is 6.88. The maximum Gasteiger partial charge on any atom is 0.319 e. The van der Waals surface area contributed by atoms with E-state index in [1.54, 1.807) is 17.4 Å². The van der Waals surface area contributed by atoms with Gasteiger partial charge in [0, 0.05) is 17.8 Å². The number of amides is 2. The Balaban J connectivity index is 1.76. The quantitative estimate of drug-likeness (QED) is 0.707. The molecule has 0 saturated heterocycles. The zero-order chi connectivity index (χ0) is 15.4. The lowest BCUT2D eigenvalue weighted by atomic mass is 10.2. The molecule has 0 aliphatic rings. The van der Waals surface area contributed by atoms with E-state index in [2.05, 4.69) is 28.3 Å². The maximum atomic E-state index is 11.6. The summed E-state index contributed by atoms with van der Waals surface area (Å²) in [6.45, 7) is 3.99. The number of aromatic nitrogens is 1. The van der Waals surface area contributed by atoms with Crippen molar-refractivity contribution < 1.29 is 4.79 Å². The van der Waals surface area contributed by atoms with Crippen LogP contribution in [0.5, 0.6) is 0 Å². The van der Waals surface area contributed by atoms with Gasteiger partial charge >= 0.3 is 6.03 Å². The zero-order valence-corrected chi connectivity index (χ0v) is 12.7. The summed E-state index contributed by atoms with van der Waals surface area (Å²) in [5.41, 5.74) is 2.79. The number of anilines is 1. The van der Waals surface area contributed by atoms with E-state index >= 15 is 0 Å². The predicted octanol–water partition coefficient (Wildman–Crippen LogP) is 4.27. The van der Waals surface area contributed by atoms with Gasteiger partial charge in [-0.2, -0.15) is 0 Å². The molecule has 4 nitrogen and oxygen atoms in total. The summed E-state index contributed by atoms with van der Waals surface area (Å²) in [6.07, 6.45) is 1.63. The second kappa shape index (κ2) is 6.41. The van der Waals surface area contributed by atoms with Gasteiger partial charge in [0.25, 0.3) is 0 Å². The third-order valence-electron chi connectivity index (χ3n) is 3.09. The number of rotatable bonds is 4. The van der Waals surface area contributed by atoms with Gasteiger partial charge < -0.3 is 10.6 Å². The van der Waals surface area contributed by atoms with Gasteiger partial charge in [0.15, 0.2) is 0 Å². The number of carbonyl (C=O) groups is 1. The Bertz CT molecular complexity index is 775. The van der Waals surface area contributed by atoms with Crippen molar-refractivity contribution in [1.82, 2.24) is 10.3 Å². The second-order valence-electron chi connectivity index (χ2n) is 4.69. The first-order chi connectivity index (χ1) is 10.8. The number of nitrogens with one attached hydrogen (secondary N) is 2. The fraction of sp³-hybridized carbons (Fsp3) is 0.0588. The molecule has 3 rings (SSSR count). The number of thiazole rings is 1.